The number of primary amides is 1. The van der Waals surface area contributed by atoms with Crippen LogP contribution >= 0.6 is 0 Å². The van der Waals surface area contributed by atoms with Crippen molar-refractivity contribution in [2.45, 2.75) is 33.2 Å². The van der Waals surface area contributed by atoms with Crippen molar-refractivity contribution in [1.82, 2.24) is 9.80 Å². The highest BCUT2D eigenvalue weighted by molar-refractivity contribution is 5.84. The van der Waals surface area contributed by atoms with Crippen molar-refractivity contribution in [1.29, 1.82) is 0 Å². The Bertz CT molecular complexity index is 396. The number of hydrogen-bond acceptors (Lipinski definition) is 3. The number of rotatable bonds is 4. The van der Waals surface area contributed by atoms with Crippen LogP contribution < -0.4 is 5.73 Å². The monoisotopic (exact) mass is 271 g/mol. The van der Waals surface area contributed by atoms with Gasteiger partial charge in [-0.05, 0) is 27.2 Å². The first kappa shape index (κ1) is 15.3. The van der Waals surface area contributed by atoms with Crippen LogP contribution in [0, 0.1) is 5.41 Å². The summed E-state index contributed by atoms with van der Waals surface area (Å²) in [4.78, 5) is 37.2. The molecule has 1 rings (SSSR count). The molecule has 108 valence electrons. The number of carboxylic acid groups (broad SMARTS) is 1. The molecule has 7 nitrogen and oxygen atoms in total. The van der Waals surface area contributed by atoms with Gasteiger partial charge in [-0.15, -0.1) is 0 Å². The predicted octanol–water partition coefficient (Wildman–Crippen LogP) is 0.0987. The summed E-state index contributed by atoms with van der Waals surface area (Å²) in [5, 5.41) is 8.83. The number of nitrogens with zero attached hydrogens (tertiary/aromatic N) is 2. The van der Waals surface area contributed by atoms with Gasteiger partial charge in [-0.25, -0.2) is 4.79 Å². The van der Waals surface area contributed by atoms with Crippen molar-refractivity contribution in [3.8, 4) is 0 Å². The molecular weight excluding hydrogens is 250 g/mol. The molecule has 3 amide bonds. The molecule has 1 unspecified atom stereocenters. The molecule has 1 heterocycles. The lowest BCUT2D eigenvalue weighted by molar-refractivity contribution is -0.138. The minimum Gasteiger partial charge on any atom is -0.480 e. The van der Waals surface area contributed by atoms with Crippen molar-refractivity contribution in [3.63, 3.8) is 0 Å². The Morgan fingerprint density at radius 2 is 2.00 bits per heavy atom. The van der Waals surface area contributed by atoms with Crippen LogP contribution in [0.2, 0.25) is 0 Å². The predicted molar refractivity (Wildman–Crippen MR) is 68.4 cm³/mol. The van der Waals surface area contributed by atoms with Crippen molar-refractivity contribution in [2.24, 2.45) is 11.1 Å². The standard InChI is InChI=1S/C12H21N3O4/c1-8(2)15(6-9(16)17)11(19)14-5-4-12(3,7-14)10(13)18/h8H,4-7H2,1-3H3,(H2,13,18)(H,16,17). The number of carbonyl (C=O) groups is 3. The molecule has 0 bridgehead atoms. The van der Waals surface area contributed by atoms with E-state index in [1.807, 2.05) is 0 Å². The molecule has 0 aromatic rings. The SMILES string of the molecule is CC(C)N(CC(=O)O)C(=O)N1CCC(C)(C(N)=O)C1. The van der Waals surface area contributed by atoms with Crippen LogP contribution in [-0.4, -0.2) is 58.5 Å². The maximum Gasteiger partial charge on any atom is 0.323 e. The van der Waals surface area contributed by atoms with Gasteiger partial charge in [-0.3, -0.25) is 9.59 Å². The van der Waals surface area contributed by atoms with E-state index in [4.69, 9.17) is 10.8 Å². The zero-order valence-electron chi connectivity index (χ0n) is 11.5. The van der Waals surface area contributed by atoms with E-state index in [1.54, 1.807) is 20.8 Å². The molecule has 0 radical (unpaired) electrons. The Labute approximate surface area is 112 Å². The van der Waals surface area contributed by atoms with Gasteiger partial charge in [0.25, 0.3) is 0 Å². The molecule has 0 aromatic carbocycles. The Hall–Kier alpha value is -1.79. The zero-order valence-corrected chi connectivity index (χ0v) is 11.5. The minimum atomic E-state index is -1.06. The first-order valence-corrected chi connectivity index (χ1v) is 6.24. The quantitative estimate of drug-likeness (QED) is 0.756. The summed E-state index contributed by atoms with van der Waals surface area (Å²) in [7, 11) is 0. The second-order valence-corrected chi connectivity index (χ2v) is 5.49. The largest absolute Gasteiger partial charge is 0.480 e. The number of urea groups is 1. The van der Waals surface area contributed by atoms with Crippen LogP contribution in [0.5, 0.6) is 0 Å². The van der Waals surface area contributed by atoms with Gasteiger partial charge in [-0.1, -0.05) is 0 Å². The van der Waals surface area contributed by atoms with E-state index >= 15 is 0 Å². The summed E-state index contributed by atoms with van der Waals surface area (Å²) in [6.45, 7) is 5.54. The third-order valence-electron chi connectivity index (χ3n) is 3.51. The second-order valence-electron chi connectivity index (χ2n) is 5.49. The van der Waals surface area contributed by atoms with Gasteiger partial charge in [0.15, 0.2) is 0 Å². The van der Waals surface area contributed by atoms with E-state index in [0.29, 0.717) is 13.0 Å². The maximum atomic E-state index is 12.3. The zero-order chi connectivity index (χ0) is 14.8. The number of carbonyl (C=O) groups excluding carboxylic acids is 2. The van der Waals surface area contributed by atoms with Crippen LogP contribution in [0.25, 0.3) is 0 Å². The lowest BCUT2D eigenvalue weighted by atomic mass is 9.89. The molecule has 1 aliphatic rings. The van der Waals surface area contributed by atoms with Gasteiger partial charge in [0.2, 0.25) is 5.91 Å². The topological polar surface area (TPSA) is 104 Å². The van der Waals surface area contributed by atoms with Gasteiger partial charge in [0.1, 0.15) is 6.54 Å². The molecule has 0 aromatic heterocycles. The van der Waals surface area contributed by atoms with E-state index in [1.165, 1.54) is 9.80 Å². The number of carboxylic acids is 1. The van der Waals surface area contributed by atoms with E-state index in [9.17, 15) is 14.4 Å². The van der Waals surface area contributed by atoms with Crippen LogP contribution in [0.3, 0.4) is 0 Å². The average Bonchev–Trinajstić information content (AvgIpc) is 2.69. The Balaban J connectivity index is 2.77. The Kier molecular flexibility index (Phi) is 4.39. The molecule has 19 heavy (non-hydrogen) atoms. The molecule has 7 heteroatoms. The molecule has 0 saturated carbocycles. The molecule has 1 atom stereocenters. The third kappa shape index (κ3) is 3.36. The summed E-state index contributed by atoms with van der Waals surface area (Å²) in [6.07, 6.45) is 0.507. The first-order valence-electron chi connectivity index (χ1n) is 6.24. The van der Waals surface area contributed by atoms with Gasteiger partial charge in [0, 0.05) is 19.1 Å². The molecule has 0 aliphatic carbocycles. The molecule has 3 N–H and O–H groups in total. The minimum absolute atomic E-state index is 0.218. The molecule has 1 aliphatic heterocycles. The second kappa shape index (κ2) is 5.46. The summed E-state index contributed by atoms with van der Waals surface area (Å²) >= 11 is 0. The van der Waals surface area contributed by atoms with Gasteiger partial charge in [0.05, 0.1) is 5.41 Å². The highest BCUT2D eigenvalue weighted by Gasteiger charge is 2.42. The summed E-state index contributed by atoms with van der Waals surface area (Å²) in [5.41, 5.74) is 4.61. The molecule has 0 spiro atoms. The van der Waals surface area contributed by atoms with E-state index in [2.05, 4.69) is 0 Å². The van der Waals surface area contributed by atoms with Gasteiger partial charge >= 0.3 is 12.0 Å². The van der Waals surface area contributed by atoms with Crippen molar-refractivity contribution in [2.75, 3.05) is 19.6 Å². The fourth-order valence-electron chi connectivity index (χ4n) is 2.12. The Morgan fingerprint density at radius 3 is 2.37 bits per heavy atom. The maximum absolute atomic E-state index is 12.3. The number of nitrogens with two attached hydrogens (primary N) is 1. The first-order chi connectivity index (χ1) is 8.67. The van der Waals surface area contributed by atoms with Gasteiger partial charge in [-0.2, -0.15) is 0 Å². The lowest BCUT2D eigenvalue weighted by Crippen LogP contribution is -2.49. The number of likely N-dealkylation sites (tertiary alicyclic amines) is 1. The Morgan fingerprint density at radius 1 is 1.42 bits per heavy atom. The van der Waals surface area contributed by atoms with Crippen LogP contribution in [0.1, 0.15) is 27.2 Å². The van der Waals surface area contributed by atoms with E-state index in [0.717, 1.165) is 0 Å². The van der Waals surface area contributed by atoms with Crippen molar-refractivity contribution >= 4 is 17.9 Å². The fourth-order valence-corrected chi connectivity index (χ4v) is 2.12. The van der Waals surface area contributed by atoms with Crippen molar-refractivity contribution in [3.05, 3.63) is 0 Å². The smallest absolute Gasteiger partial charge is 0.323 e. The summed E-state index contributed by atoms with van der Waals surface area (Å²) < 4.78 is 0. The highest BCUT2D eigenvalue weighted by atomic mass is 16.4. The molecule has 1 saturated heterocycles. The molecular formula is C12H21N3O4. The highest BCUT2D eigenvalue weighted by Crippen LogP contribution is 2.30. The summed E-state index contributed by atoms with van der Waals surface area (Å²) in [6, 6.07) is -0.577. The van der Waals surface area contributed by atoms with Crippen LogP contribution in [0.4, 0.5) is 4.79 Å². The van der Waals surface area contributed by atoms with E-state index in [-0.39, 0.29) is 25.2 Å². The number of amides is 3. The van der Waals surface area contributed by atoms with Crippen LogP contribution in [-0.2, 0) is 9.59 Å². The van der Waals surface area contributed by atoms with Crippen LogP contribution in [0.15, 0.2) is 0 Å². The summed E-state index contributed by atoms with van der Waals surface area (Å²) in [5.74, 6) is -1.49. The fraction of sp³-hybridized carbons (Fsp3) is 0.750. The molecule has 1 fully saturated rings. The van der Waals surface area contributed by atoms with E-state index < -0.39 is 17.3 Å². The lowest BCUT2D eigenvalue weighted by Gasteiger charge is -2.30. The van der Waals surface area contributed by atoms with Crippen molar-refractivity contribution < 1.29 is 19.5 Å². The van der Waals surface area contributed by atoms with Gasteiger partial charge < -0.3 is 20.6 Å². The third-order valence-corrected chi connectivity index (χ3v) is 3.51. The normalized spacial score (nSPS) is 22.6. The average molecular weight is 271 g/mol. The number of hydrogen-bond donors (Lipinski definition) is 2. The number of aliphatic carboxylic acids is 1.